The topological polar surface area (TPSA) is 129 Å². The number of alkyl carbamates (subject to hydrolysis) is 1. The van der Waals surface area contributed by atoms with E-state index < -0.39 is 47.8 Å². The van der Waals surface area contributed by atoms with Crippen molar-refractivity contribution in [2.24, 2.45) is 17.6 Å². The molecule has 0 aromatic heterocycles. The highest BCUT2D eigenvalue weighted by Crippen LogP contribution is 2.26. The van der Waals surface area contributed by atoms with Crippen molar-refractivity contribution in [3.8, 4) is 5.75 Å². The summed E-state index contributed by atoms with van der Waals surface area (Å²) in [6.07, 6.45) is -2.21. The molecule has 3 rings (SSSR count). The zero-order valence-corrected chi connectivity index (χ0v) is 25.8. The maximum absolute atomic E-state index is 13.7. The molecule has 0 bridgehead atoms. The summed E-state index contributed by atoms with van der Waals surface area (Å²) in [5.74, 6) is -0.809. The third-order valence-corrected chi connectivity index (χ3v) is 6.87. The molecule has 1 heterocycles. The van der Waals surface area contributed by atoms with Crippen LogP contribution in [-0.2, 0) is 32.0 Å². The molecule has 10 nitrogen and oxygen atoms in total. The number of carbonyl (C=O) groups is 3. The van der Waals surface area contributed by atoms with E-state index in [1.165, 1.54) is 0 Å². The number of nitrogens with one attached hydrogen (secondary N) is 1. The quantitative estimate of drug-likeness (QED) is 0.344. The van der Waals surface area contributed by atoms with E-state index in [1.807, 2.05) is 68.4 Å². The molecule has 2 aromatic rings. The Morgan fingerprint density at radius 3 is 2.29 bits per heavy atom. The van der Waals surface area contributed by atoms with Crippen molar-refractivity contribution in [1.29, 1.82) is 0 Å². The number of hydrogen-bond donors (Lipinski definition) is 2. The average Bonchev–Trinajstić information content (AvgIpc) is 3.31. The predicted octanol–water partition coefficient (Wildman–Crippen LogP) is 4.97. The van der Waals surface area contributed by atoms with Gasteiger partial charge in [0, 0.05) is 0 Å². The number of nitrogens with two attached hydrogens (primary N) is 1. The molecule has 2 aromatic carbocycles. The van der Waals surface area contributed by atoms with Crippen molar-refractivity contribution in [2.45, 2.75) is 78.4 Å². The molecular formula is C31H41N3O7S. The minimum atomic E-state index is -1.03. The molecule has 3 N–H and O–H groups in total. The van der Waals surface area contributed by atoms with Crippen LogP contribution in [0.2, 0.25) is 0 Å². The number of cyclic esters (lactones) is 1. The van der Waals surface area contributed by atoms with E-state index >= 15 is 0 Å². The van der Waals surface area contributed by atoms with E-state index in [-0.39, 0.29) is 24.1 Å². The Kier molecular flexibility index (Phi) is 11.2. The van der Waals surface area contributed by atoms with E-state index in [2.05, 4.69) is 5.32 Å². The minimum absolute atomic E-state index is 0.0270. The lowest BCUT2D eigenvalue weighted by atomic mass is 9.91. The van der Waals surface area contributed by atoms with Gasteiger partial charge in [-0.15, -0.1) is 0 Å². The first kappa shape index (κ1) is 32.7. The van der Waals surface area contributed by atoms with E-state index in [9.17, 15) is 14.4 Å². The molecule has 0 spiro atoms. The van der Waals surface area contributed by atoms with Crippen molar-refractivity contribution < 1.29 is 33.3 Å². The van der Waals surface area contributed by atoms with Crippen molar-refractivity contribution in [3.63, 3.8) is 0 Å². The van der Waals surface area contributed by atoms with Gasteiger partial charge in [-0.2, -0.15) is 0 Å². The fourth-order valence-electron chi connectivity index (χ4n) is 4.63. The second-order valence-corrected chi connectivity index (χ2v) is 12.1. The fourth-order valence-corrected chi connectivity index (χ4v) is 4.74. The predicted molar refractivity (Wildman–Crippen MR) is 162 cm³/mol. The molecule has 4 atom stereocenters. The number of ether oxygens (including phenoxy) is 4. The van der Waals surface area contributed by atoms with Crippen molar-refractivity contribution in [1.82, 2.24) is 10.2 Å². The summed E-state index contributed by atoms with van der Waals surface area (Å²) in [4.78, 5) is 40.3. The second kappa shape index (κ2) is 14.4. The SMILES string of the molecule is CC(C)[C@H]1COC(=O)N1C(=O)[C@@H](C)[C@H](OC(N)=S)[C@H](Cc1ccc(OCc2ccccc2)cc1)NC(=O)OC(C)(C)C. The Balaban J connectivity index is 1.86. The molecule has 1 fully saturated rings. The van der Waals surface area contributed by atoms with Crippen LogP contribution in [0, 0.1) is 11.8 Å². The smallest absolute Gasteiger partial charge is 0.416 e. The lowest BCUT2D eigenvalue weighted by molar-refractivity contribution is -0.137. The molecule has 228 valence electrons. The number of hydrogen-bond acceptors (Lipinski definition) is 8. The van der Waals surface area contributed by atoms with Gasteiger partial charge in [0.25, 0.3) is 5.17 Å². The van der Waals surface area contributed by atoms with Crippen LogP contribution >= 0.6 is 12.2 Å². The summed E-state index contributed by atoms with van der Waals surface area (Å²) in [6, 6.07) is 15.9. The van der Waals surface area contributed by atoms with E-state index in [0.29, 0.717) is 12.4 Å². The minimum Gasteiger partial charge on any atom is -0.489 e. The first-order valence-corrected chi connectivity index (χ1v) is 14.4. The highest BCUT2D eigenvalue weighted by Gasteiger charge is 2.45. The Bertz CT molecular complexity index is 1230. The molecule has 0 aliphatic carbocycles. The van der Waals surface area contributed by atoms with Gasteiger partial charge in [-0.25, -0.2) is 14.5 Å². The molecule has 42 heavy (non-hydrogen) atoms. The molecule has 11 heteroatoms. The van der Waals surface area contributed by atoms with Crippen LogP contribution in [0.5, 0.6) is 5.75 Å². The number of imide groups is 1. The van der Waals surface area contributed by atoms with E-state index in [4.69, 9.17) is 36.9 Å². The molecule has 1 aliphatic rings. The van der Waals surface area contributed by atoms with Crippen LogP contribution in [0.25, 0.3) is 0 Å². The van der Waals surface area contributed by atoms with Crippen LogP contribution < -0.4 is 15.8 Å². The van der Waals surface area contributed by atoms with Crippen LogP contribution in [0.15, 0.2) is 54.6 Å². The maximum Gasteiger partial charge on any atom is 0.416 e. The van der Waals surface area contributed by atoms with E-state index in [1.54, 1.807) is 27.7 Å². The zero-order valence-electron chi connectivity index (χ0n) is 25.0. The molecule has 0 saturated carbocycles. The summed E-state index contributed by atoms with van der Waals surface area (Å²) >= 11 is 5.05. The summed E-state index contributed by atoms with van der Waals surface area (Å²) in [7, 11) is 0. The van der Waals surface area contributed by atoms with Crippen molar-refractivity contribution in [2.75, 3.05) is 6.61 Å². The van der Waals surface area contributed by atoms with Gasteiger partial charge in [0.15, 0.2) is 0 Å². The first-order chi connectivity index (χ1) is 19.7. The van der Waals surface area contributed by atoms with Gasteiger partial charge < -0.3 is 30.0 Å². The van der Waals surface area contributed by atoms with Crippen molar-refractivity contribution >= 4 is 35.5 Å². The largest absolute Gasteiger partial charge is 0.489 e. The van der Waals surface area contributed by atoms with Gasteiger partial charge in [0.2, 0.25) is 5.91 Å². The number of nitrogens with zero attached hydrogens (tertiary/aromatic N) is 1. The Hall–Kier alpha value is -3.86. The lowest BCUT2D eigenvalue weighted by Crippen LogP contribution is -2.55. The van der Waals surface area contributed by atoms with Gasteiger partial charge in [0.1, 0.15) is 30.7 Å². The molecule has 1 saturated heterocycles. The molecule has 0 radical (unpaired) electrons. The number of rotatable bonds is 11. The van der Waals surface area contributed by atoms with Crippen molar-refractivity contribution in [3.05, 3.63) is 65.7 Å². The summed E-state index contributed by atoms with van der Waals surface area (Å²) in [6.45, 7) is 11.2. The normalized spacial score (nSPS) is 17.2. The van der Waals surface area contributed by atoms with Gasteiger partial charge >= 0.3 is 12.2 Å². The monoisotopic (exact) mass is 599 g/mol. The summed E-state index contributed by atoms with van der Waals surface area (Å²) in [5.41, 5.74) is 6.88. The van der Waals surface area contributed by atoms with Crippen LogP contribution in [-0.4, -0.2) is 58.6 Å². The number of benzene rings is 2. The summed E-state index contributed by atoms with van der Waals surface area (Å²) in [5, 5.41) is 2.54. The third-order valence-electron chi connectivity index (χ3n) is 6.77. The van der Waals surface area contributed by atoms with Crippen LogP contribution in [0.3, 0.4) is 0 Å². The Morgan fingerprint density at radius 2 is 1.71 bits per heavy atom. The molecule has 3 amide bonds. The average molecular weight is 600 g/mol. The first-order valence-electron chi connectivity index (χ1n) is 14.0. The molecule has 0 unspecified atom stereocenters. The van der Waals surface area contributed by atoms with Crippen LogP contribution in [0.1, 0.15) is 52.7 Å². The zero-order chi connectivity index (χ0) is 31.0. The third kappa shape index (κ3) is 9.34. The fraction of sp³-hybridized carbons (Fsp3) is 0.484. The summed E-state index contributed by atoms with van der Waals surface area (Å²) < 4.78 is 22.4. The Labute approximate surface area is 252 Å². The molecular weight excluding hydrogens is 558 g/mol. The number of carbonyl (C=O) groups excluding carboxylic acids is 3. The highest BCUT2D eigenvalue weighted by atomic mass is 32.1. The Morgan fingerprint density at radius 1 is 1.07 bits per heavy atom. The molecule has 1 aliphatic heterocycles. The van der Waals surface area contributed by atoms with E-state index in [0.717, 1.165) is 16.0 Å². The second-order valence-electron chi connectivity index (χ2n) is 11.7. The van der Waals surface area contributed by atoms with Gasteiger partial charge in [-0.3, -0.25) is 4.79 Å². The standard InChI is InChI=1S/C31H41N3O7S/c1-19(2)25-18-39-30(37)34(25)27(35)20(3)26(40-28(32)42)24(33-29(36)41-31(4,5)6)16-21-12-14-23(15-13-21)38-17-22-10-8-7-9-11-22/h7-15,19-20,24-26H,16-18H2,1-6H3,(H2,32,42)(H,33,36)/t20-,24-,25+,26-/m0/s1. The van der Waals surface area contributed by atoms with Crippen LogP contribution in [0.4, 0.5) is 9.59 Å². The van der Waals surface area contributed by atoms with Gasteiger partial charge in [-0.1, -0.05) is 56.3 Å². The maximum atomic E-state index is 13.7. The van der Waals surface area contributed by atoms with Gasteiger partial charge in [0.05, 0.1) is 18.0 Å². The lowest BCUT2D eigenvalue weighted by Gasteiger charge is -2.34. The van der Waals surface area contributed by atoms with Gasteiger partial charge in [-0.05, 0) is 75.5 Å². The number of amides is 3. The number of thiocarbonyl (C=S) groups is 1. The highest BCUT2D eigenvalue weighted by molar-refractivity contribution is 7.80.